The van der Waals surface area contributed by atoms with E-state index >= 15 is 0 Å². The molecular weight excluding hydrogens is 348 g/mol. The van der Waals surface area contributed by atoms with Crippen molar-refractivity contribution >= 4 is 27.7 Å². The van der Waals surface area contributed by atoms with Crippen LogP contribution in [0, 0.1) is 6.92 Å². The summed E-state index contributed by atoms with van der Waals surface area (Å²) in [7, 11) is -2.20. The smallest absolute Gasteiger partial charge is 0.241 e. The second kappa shape index (κ2) is 10.0. The maximum atomic E-state index is 12.5. The van der Waals surface area contributed by atoms with E-state index in [1.54, 1.807) is 31.0 Å². The van der Waals surface area contributed by atoms with E-state index < -0.39 is 16.1 Å². The lowest BCUT2D eigenvalue weighted by molar-refractivity contribution is -0.123. The third-order valence-corrected chi connectivity index (χ3v) is 5.49. The van der Waals surface area contributed by atoms with Gasteiger partial charge in [-0.2, -0.15) is 16.5 Å². The van der Waals surface area contributed by atoms with Crippen molar-refractivity contribution in [1.29, 1.82) is 0 Å². The fourth-order valence-corrected chi connectivity index (χ4v) is 3.79. The standard InChI is InChI=1S/C16H26N2O4S2/c1-12-5-7-14(8-6-12)24(20,21)18-15(9-10-23-4)16(19)17-13(2)11-22-3/h5-8,13,15,18H,9-11H2,1-4H3,(H,17,19)/t13-,15+/m1/s1. The molecule has 0 unspecified atom stereocenters. The highest BCUT2D eigenvalue weighted by atomic mass is 32.2. The Labute approximate surface area is 148 Å². The van der Waals surface area contributed by atoms with Crippen molar-refractivity contribution in [2.24, 2.45) is 0 Å². The highest BCUT2D eigenvalue weighted by molar-refractivity contribution is 7.98. The average molecular weight is 375 g/mol. The number of hydrogen-bond acceptors (Lipinski definition) is 5. The van der Waals surface area contributed by atoms with E-state index in [9.17, 15) is 13.2 Å². The molecule has 2 N–H and O–H groups in total. The van der Waals surface area contributed by atoms with Gasteiger partial charge >= 0.3 is 0 Å². The summed E-state index contributed by atoms with van der Waals surface area (Å²) in [6.45, 7) is 4.06. The van der Waals surface area contributed by atoms with Crippen molar-refractivity contribution in [2.75, 3.05) is 25.7 Å². The molecular formula is C16H26N2O4S2. The molecule has 1 rings (SSSR count). The number of carbonyl (C=O) groups excluding carboxylic acids is 1. The molecule has 24 heavy (non-hydrogen) atoms. The number of carbonyl (C=O) groups is 1. The number of rotatable bonds is 10. The molecule has 8 heteroatoms. The van der Waals surface area contributed by atoms with Crippen molar-refractivity contribution in [3.05, 3.63) is 29.8 Å². The van der Waals surface area contributed by atoms with Gasteiger partial charge < -0.3 is 10.1 Å². The molecule has 2 atom stereocenters. The summed E-state index contributed by atoms with van der Waals surface area (Å²) in [5.41, 5.74) is 0.971. The second-order valence-electron chi connectivity index (χ2n) is 5.63. The Bertz CT molecular complexity index is 617. The normalized spacial score (nSPS) is 14.2. The van der Waals surface area contributed by atoms with Gasteiger partial charge in [0.2, 0.25) is 15.9 Å². The van der Waals surface area contributed by atoms with Crippen LogP contribution >= 0.6 is 11.8 Å². The fourth-order valence-electron chi connectivity index (χ4n) is 2.09. The van der Waals surface area contributed by atoms with E-state index in [-0.39, 0.29) is 16.8 Å². The lowest BCUT2D eigenvalue weighted by Crippen LogP contribution is -2.50. The predicted octanol–water partition coefficient (Wildman–Crippen LogP) is 1.55. The minimum atomic E-state index is -3.75. The minimum Gasteiger partial charge on any atom is -0.383 e. The van der Waals surface area contributed by atoms with Crippen LogP contribution in [0.25, 0.3) is 0 Å². The Morgan fingerprint density at radius 1 is 1.29 bits per heavy atom. The predicted molar refractivity (Wildman–Crippen MR) is 97.8 cm³/mol. The number of methoxy groups -OCH3 is 1. The van der Waals surface area contributed by atoms with E-state index in [1.165, 1.54) is 12.1 Å². The van der Waals surface area contributed by atoms with Gasteiger partial charge in [0.25, 0.3) is 0 Å². The van der Waals surface area contributed by atoms with Gasteiger partial charge in [0.05, 0.1) is 11.5 Å². The van der Waals surface area contributed by atoms with E-state index in [0.29, 0.717) is 18.8 Å². The lowest BCUT2D eigenvalue weighted by Gasteiger charge is -2.21. The molecule has 0 aliphatic carbocycles. The monoisotopic (exact) mass is 374 g/mol. The van der Waals surface area contributed by atoms with Gasteiger partial charge in [-0.05, 0) is 44.4 Å². The van der Waals surface area contributed by atoms with Crippen molar-refractivity contribution in [2.45, 2.75) is 37.2 Å². The van der Waals surface area contributed by atoms with Crippen molar-refractivity contribution < 1.29 is 17.9 Å². The largest absolute Gasteiger partial charge is 0.383 e. The first-order chi connectivity index (χ1) is 11.3. The van der Waals surface area contributed by atoms with E-state index in [2.05, 4.69) is 10.0 Å². The molecule has 0 fully saturated rings. The third-order valence-electron chi connectivity index (χ3n) is 3.36. The topological polar surface area (TPSA) is 84.5 Å². The van der Waals surface area contributed by atoms with Crippen LogP contribution in [0.4, 0.5) is 0 Å². The third kappa shape index (κ3) is 6.80. The number of aryl methyl sites for hydroxylation is 1. The summed E-state index contributed by atoms with van der Waals surface area (Å²) in [5.74, 6) is 0.331. The van der Waals surface area contributed by atoms with Gasteiger partial charge in [0.1, 0.15) is 6.04 Å². The first kappa shape index (κ1) is 21.0. The zero-order chi connectivity index (χ0) is 18.2. The Morgan fingerprint density at radius 3 is 2.46 bits per heavy atom. The molecule has 0 aliphatic rings. The van der Waals surface area contributed by atoms with Gasteiger partial charge in [-0.25, -0.2) is 8.42 Å². The van der Waals surface area contributed by atoms with Crippen LogP contribution < -0.4 is 10.0 Å². The molecule has 0 heterocycles. The summed E-state index contributed by atoms with van der Waals surface area (Å²) in [6.07, 6.45) is 2.33. The average Bonchev–Trinajstić information content (AvgIpc) is 2.51. The number of ether oxygens (including phenoxy) is 1. The van der Waals surface area contributed by atoms with Crippen LogP contribution in [-0.4, -0.2) is 52.1 Å². The molecule has 136 valence electrons. The lowest BCUT2D eigenvalue weighted by atomic mass is 10.2. The summed E-state index contributed by atoms with van der Waals surface area (Å²) in [4.78, 5) is 12.5. The number of amides is 1. The quantitative estimate of drug-likeness (QED) is 0.649. The second-order valence-corrected chi connectivity index (χ2v) is 8.33. The molecule has 0 spiro atoms. The van der Waals surface area contributed by atoms with Crippen LogP contribution in [0.5, 0.6) is 0 Å². The summed E-state index contributed by atoms with van der Waals surface area (Å²) in [6, 6.07) is 5.52. The highest BCUT2D eigenvalue weighted by Crippen LogP contribution is 2.12. The Morgan fingerprint density at radius 2 is 1.92 bits per heavy atom. The summed E-state index contributed by atoms with van der Waals surface area (Å²) in [5, 5.41) is 2.77. The molecule has 0 radical (unpaired) electrons. The van der Waals surface area contributed by atoms with E-state index in [4.69, 9.17) is 4.74 Å². The van der Waals surface area contributed by atoms with Crippen LogP contribution in [0.3, 0.4) is 0 Å². The number of hydrogen-bond donors (Lipinski definition) is 2. The van der Waals surface area contributed by atoms with Crippen LogP contribution in [0.15, 0.2) is 29.2 Å². The molecule has 0 saturated heterocycles. The molecule has 0 saturated carbocycles. The van der Waals surface area contributed by atoms with Crippen molar-refractivity contribution in [3.8, 4) is 0 Å². The molecule has 1 aromatic carbocycles. The maximum Gasteiger partial charge on any atom is 0.241 e. The zero-order valence-corrected chi connectivity index (χ0v) is 16.2. The number of nitrogens with one attached hydrogen (secondary N) is 2. The molecule has 1 amide bonds. The Hall–Kier alpha value is -1.09. The van der Waals surface area contributed by atoms with Gasteiger partial charge in [0, 0.05) is 13.2 Å². The van der Waals surface area contributed by atoms with Gasteiger partial charge in [0.15, 0.2) is 0 Å². The molecule has 0 aromatic heterocycles. The summed E-state index contributed by atoms with van der Waals surface area (Å²) < 4.78 is 32.5. The molecule has 0 bridgehead atoms. The minimum absolute atomic E-state index is 0.153. The Kier molecular flexibility index (Phi) is 8.75. The maximum absolute atomic E-state index is 12.5. The molecule has 1 aromatic rings. The van der Waals surface area contributed by atoms with Crippen LogP contribution in [0.1, 0.15) is 18.9 Å². The first-order valence-electron chi connectivity index (χ1n) is 7.67. The van der Waals surface area contributed by atoms with Gasteiger partial charge in [-0.15, -0.1) is 0 Å². The fraction of sp³-hybridized carbons (Fsp3) is 0.562. The van der Waals surface area contributed by atoms with Gasteiger partial charge in [-0.1, -0.05) is 17.7 Å². The number of thioether (sulfide) groups is 1. The highest BCUT2D eigenvalue weighted by Gasteiger charge is 2.26. The molecule has 0 aliphatic heterocycles. The molecule has 6 nitrogen and oxygen atoms in total. The first-order valence-corrected chi connectivity index (χ1v) is 10.5. The Balaban J connectivity index is 2.87. The number of benzene rings is 1. The SMILES string of the molecule is COC[C@@H](C)NC(=O)[C@H](CCSC)NS(=O)(=O)c1ccc(C)cc1. The van der Waals surface area contributed by atoms with Crippen molar-refractivity contribution in [1.82, 2.24) is 10.0 Å². The van der Waals surface area contributed by atoms with Crippen LogP contribution in [0.2, 0.25) is 0 Å². The van der Waals surface area contributed by atoms with Gasteiger partial charge in [-0.3, -0.25) is 4.79 Å². The van der Waals surface area contributed by atoms with Crippen LogP contribution in [-0.2, 0) is 19.6 Å². The summed E-state index contributed by atoms with van der Waals surface area (Å²) >= 11 is 1.56. The van der Waals surface area contributed by atoms with E-state index in [1.807, 2.05) is 20.1 Å². The number of sulfonamides is 1. The van der Waals surface area contributed by atoms with E-state index in [0.717, 1.165) is 5.56 Å². The zero-order valence-electron chi connectivity index (χ0n) is 14.5. The van der Waals surface area contributed by atoms with Crippen molar-refractivity contribution in [3.63, 3.8) is 0 Å².